The number of benzene rings is 2. The molecular weight excluding hydrogens is 340 g/mol. The van der Waals surface area contributed by atoms with Gasteiger partial charge in [0, 0.05) is 25.5 Å². The number of hydrogen-bond donors (Lipinski definition) is 2. The Hall–Kier alpha value is -3.54. The minimum Gasteiger partial charge on any atom is -0.354 e. The minimum atomic E-state index is -0.400. The van der Waals surface area contributed by atoms with Gasteiger partial charge in [-0.05, 0) is 11.1 Å². The molecule has 0 saturated heterocycles. The summed E-state index contributed by atoms with van der Waals surface area (Å²) in [4.78, 5) is 32.6. The monoisotopic (exact) mass is 360 g/mol. The van der Waals surface area contributed by atoms with Crippen LogP contribution in [0.25, 0.3) is 0 Å². The van der Waals surface area contributed by atoms with E-state index in [0.717, 1.165) is 11.1 Å². The van der Waals surface area contributed by atoms with Gasteiger partial charge in [-0.15, -0.1) is 0 Å². The van der Waals surface area contributed by atoms with Gasteiger partial charge in [0.2, 0.25) is 5.91 Å². The lowest BCUT2D eigenvalue weighted by molar-refractivity contribution is -0.121. The summed E-state index contributed by atoms with van der Waals surface area (Å²) in [5.41, 5.74) is 2.09. The van der Waals surface area contributed by atoms with Crippen molar-refractivity contribution in [1.29, 1.82) is 0 Å². The Labute approximate surface area is 157 Å². The van der Waals surface area contributed by atoms with E-state index in [0.29, 0.717) is 13.1 Å². The van der Waals surface area contributed by atoms with Crippen molar-refractivity contribution in [3.8, 4) is 0 Å². The van der Waals surface area contributed by atoms with Gasteiger partial charge in [0.1, 0.15) is 5.69 Å². The van der Waals surface area contributed by atoms with Gasteiger partial charge >= 0.3 is 0 Å². The SMILES string of the molecule is O=C(NCCNC(=O)C(c1ccccc1)c1ccccc1)c1cnccn1. The number of aromatic nitrogens is 2. The molecule has 0 bridgehead atoms. The van der Waals surface area contributed by atoms with Gasteiger partial charge in [0.15, 0.2) is 0 Å². The molecule has 1 heterocycles. The van der Waals surface area contributed by atoms with Gasteiger partial charge in [-0.3, -0.25) is 14.6 Å². The summed E-state index contributed by atoms with van der Waals surface area (Å²) in [5, 5.41) is 5.61. The zero-order valence-electron chi connectivity index (χ0n) is 14.7. The van der Waals surface area contributed by atoms with Crippen molar-refractivity contribution in [3.05, 3.63) is 96.1 Å². The van der Waals surface area contributed by atoms with Crippen molar-refractivity contribution in [2.45, 2.75) is 5.92 Å². The molecule has 2 aromatic carbocycles. The predicted molar refractivity (Wildman–Crippen MR) is 102 cm³/mol. The number of rotatable bonds is 7. The second-order valence-corrected chi connectivity index (χ2v) is 5.89. The number of hydrogen-bond acceptors (Lipinski definition) is 4. The number of carbonyl (C=O) groups excluding carboxylic acids is 2. The Morgan fingerprint density at radius 3 is 1.96 bits per heavy atom. The zero-order chi connectivity index (χ0) is 18.9. The molecule has 3 rings (SSSR count). The second kappa shape index (κ2) is 9.24. The van der Waals surface area contributed by atoms with Crippen LogP contribution in [0.2, 0.25) is 0 Å². The van der Waals surface area contributed by atoms with E-state index in [-0.39, 0.29) is 17.5 Å². The quantitative estimate of drug-likeness (QED) is 0.633. The van der Waals surface area contributed by atoms with Crippen molar-refractivity contribution in [2.75, 3.05) is 13.1 Å². The normalized spacial score (nSPS) is 10.4. The molecule has 2 amide bonds. The van der Waals surface area contributed by atoms with Gasteiger partial charge in [-0.25, -0.2) is 4.98 Å². The molecule has 0 saturated carbocycles. The van der Waals surface area contributed by atoms with Gasteiger partial charge in [0.05, 0.1) is 12.1 Å². The topological polar surface area (TPSA) is 84.0 Å². The largest absolute Gasteiger partial charge is 0.354 e. The molecule has 0 fully saturated rings. The average Bonchev–Trinajstić information content (AvgIpc) is 2.73. The molecule has 0 radical (unpaired) electrons. The number of nitrogens with zero attached hydrogens (tertiary/aromatic N) is 2. The van der Waals surface area contributed by atoms with Crippen molar-refractivity contribution < 1.29 is 9.59 Å². The van der Waals surface area contributed by atoms with Gasteiger partial charge in [0.25, 0.3) is 5.91 Å². The Morgan fingerprint density at radius 1 is 0.815 bits per heavy atom. The lowest BCUT2D eigenvalue weighted by Crippen LogP contribution is -2.37. The predicted octanol–water partition coefficient (Wildman–Crippen LogP) is 2.15. The molecule has 1 aromatic heterocycles. The van der Waals surface area contributed by atoms with Crippen molar-refractivity contribution in [2.24, 2.45) is 0 Å². The zero-order valence-corrected chi connectivity index (χ0v) is 14.7. The Balaban J connectivity index is 1.59. The summed E-state index contributed by atoms with van der Waals surface area (Å²) in [6.45, 7) is 0.623. The summed E-state index contributed by atoms with van der Waals surface area (Å²) in [6.07, 6.45) is 4.36. The first-order valence-electron chi connectivity index (χ1n) is 8.67. The molecule has 0 unspecified atom stereocenters. The van der Waals surface area contributed by atoms with Crippen molar-refractivity contribution in [1.82, 2.24) is 20.6 Å². The van der Waals surface area contributed by atoms with Crippen LogP contribution in [0, 0.1) is 0 Å². The van der Waals surface area contributed by atoms with Crippen LogP contribution in [0.15, 0.2) is 79.3 Å². The van der Waals surface area contributed by atoms with Gasteiger partial charge in [-0.1, -0.05) is 60.7 Å². The minimum absolute atomic E-state index is 0.110. The first kappa shape index (κ1) is 18.3. The maximum absolute atomic E-state index is 12.8. The molecule has 2 N–H and O–H groups in total. The van der Waals surface area contributed by atoms with E-state index in [1.54, 1.807) is 0 Å². The maximum atomic E-state index is 12.8. The van der Waals surface area contributed by atoms with Crippen molar-refractivity contribution in [3.63, 3.8) is 0 Å². The summed E-state index contributed by atoms with van der Waals surface area (Å²) in [5.74, 6) is -0.829. The lowest BCUT2D eigenvalue weighted by Gasteiger charge is -2.18. The smallest absolute Gasteiger partial charge is 0.271 e. The van der Waals surface area contributed by atoms with Crippen LogP contribution >= 0.6 is 0 Å². The van der Waals surface area contributed by atoms with Crippen LogP contribution in [-0.2, 0) is 4.79 Å². The Morgan fingerprint density at radius 2 is 1.41 bits per heavy atom. The molecule has 6 nitrogen and oxygen atoms in total. The van der Waals surface area contributed by atoms with Gasteiger partial charge < -0.3 is 10.6 Å². The third-order valence-electron chi connectivity index (χ3n) is 4.03. The molecule has 0 aliphatic carbocycles. The number of nitrogens with one attached hydrogen (secondary N) is 2. The van der Waals surface area contributed by atoms with E-state index >= 15 is 0 Å². The van der Waals surface area contributed by atoms with E-state index in [2.05, 4.69) is 20.6 Å². The third kappa shape index (κ3) is 4.98. The van der Waals surface area contributed by atoms with Crippen LogP contribution in [0.3, 0.4) is 0 Å². The highest BCUT2D eigenvalue weighted by atomic mass is 16.2. The maximum Gasteiger partial charge on any atom is 0.271 e. The van der Waals surface area contributed by atoms with Crippen LogP contribution in [-0.4, -0.2) is 34.9 Å². The molecule has 0 aliphatic rings. The summed E-state index contributed by atoms with van der Waals surface area (Å²) in [6, 6.07) is 19.3. The van der Waals surface area contributed by atoms with Crippen LogP contribution < -0.4 is 10.6 Å². The second-order valence-electron chi connectivity index (χ2n) is 5.89. The molecular formula is C21H20N4O2. The molecule has 27 heavy (non-hydrogen) atoms. The fourth-order valence-electron chi connectivity index (χ4n) is 2.76. The highest BCUT2D eigenvalue weighted by Gasteiger charge is 2.22. The third-order valence-corrected chi connectivity index (χ3v) is 4.03. The highest BCUT2D eigenvalue weighted by molar-refractivity contribution is 5.92. The molecule has 0 atom stereocenters. The summed E-state index contributed by atoms with van der Waals surface area (Å²) >= 11 is 0. The van der Waals surface area contributed by atoms with E-state index < -0.39 is 5.92 Å². The molecule has 136 valence electrons. The van der Waals surface area contributed by atoms with E-state index in [9.17, 15) is 9.59 Å². The van der Waals surface area contributed by atoms with E-state index in [1.165, 1.54) is 18.6 Å². The standard InChI is InChI=1S/C21H20N4O2/c26-20(18-15-22-11-12-23-18)24-13-14-25-21(27)19(16-7-3-1-4-8-16)17-9-5-2-6-10-17/h1-12,15,19H,13-14H2,(H,24,26)(H,25,27). The van der Waals surface area contributed by atoms with Crippen LogP contribution in [0.5, 0.6) is 0 Å². The van der Waals surface area contributed by atoms with Crippen LogP contribution in [0.4, 0.5) is 0 Å². The number of carbonyl (C=O) groups is 2. The fraction of sp³-hybridized carbons (Fsp3) is 0.143. The number of amides is 2. The fourth-order valence-corrected chi connectivity index (χ4v) is 2.76. The Kier molecular flexibility index (Phi) is 6.25. The van der Waals surface area contributed by atoms with E-state index in [1.807, 2.05) is 60.7 Å². The van der Waals surface area contributed by atoms with Crippen LogP contribution in [0.1, 0.15) is 27.5 Å². The Bertz CT molecular complexity index is 831. The molecule has 3 aromatic rings. The van der Waals surface area contributed by atoms with Gasteiger partial charge in [-0.2, -0.15) is 0 Å². The first-order chi connectivity index (χ1) is 13.3. The molecule has 6 heteroatoms. The average molecular weight is 360 g/mol. The summed E-state index contributed by atoms with van der Waals surface area (Å²) in [7, 11) is 0. The van der Waals surface area contributed by atoms with E-state index in [4.69, 9.17) is 0 Å². The first-order valence-corrected chi connectivity index (χ1v) is 8.67. The van der Waals surface area contributed by atoms with Crippen molar-refractivity contribution >= 4 is 11.8 Å². The molecule has 0 spiro atoms. The summed E-state index contributed by atoms with van der Waals surface area (Å²) < 4.78 is 0. The molecule has 0 aliphatic heterocycles. The highest BCUT2D eigenvalue weighted by Crippen LogP contribution is 2.24. The lowest BCUT2D eigenvalue weighted by atomic mass is 9.90.